The lowest BCUT2D eigenvalue weighted by Gasteiger charge is -2.38. The molecule has 0 spiro atoms. The molecular formula is C23H29N3O4. The van der Waals surface area contributed by atoms with E-state index in [1.807, 2.05) is 49.4 Å². The van der Waals surface area contributed by atoms with E-state index in [4.69, 9.17) is 9.47 Å². The number of benzene rings is 2. The lowest BCUT2D eigenvalue weighted by molar-refractivity contribution is -0.132. The molecule has 0 unspecified atom stereocenters. The van der Waals surface area contributed by atoms with Crippen molar-refractivity contribution in [1.82, 2.24) is 10.2 Å². The highest BCUT2D eigenvalue weighted by molar-refractivity contribution is 5.90. The minimum atomic E-state index is -0.494. The van der Waals surface area contributed by atoms with Crippen LogP contribution in [0.15, 0.2) is 48.5 Å². The third-order valence-corrected chi connectivity index (χ3v) is 5.61. The van der Waals surface area contributed by atoms with Crippen LogP contribution in [-0.2, 0) is 11.3 Å². The largest absolute Gasteiger partial charge is 0.497 e. The Hall–Kier alpha value is -3.22. The Morgan fingerprint density at radius 3 is 2.30 bits per heavy atom. The normalized spacial score (nSPS) is 15.2. The molecule has 3 rings (SSSR count). The smallest absolute Gasteiger partial charge is 0.321 e. The van der Waals surface area contributed by atoms with Crippen LogP contribution in [0.1, 0.15) is 25.3 Å². The number of ether oxygens (including phenoxy) is 2. The quantitative estimate of drug-likeness (QED) is 0.760. The molecular weight excluding hydrogens is 382 g/mol. The molecule has 0 aromatic heterocycles. The number of piperidine rings is 1. The summed E-state index contributed by atoms with van der Waals surface area (Å²) in [4.78, 5) is 27.1. The lowest BCUT2D eigenvalue weighted by Crippen LogP contribution is -2.49. The molecule has 1 fully saturated rings. The van der Waals surface area contributed by atoms with Crippen molar-refractivity contribution in [2.45, 2.75) is 26.3 Å². The van der Waals surface area contributed by atoms with E-state index < -0.39 is 5.41 Å². The van der Waals surface area contributed by atoms with Crippen LogP contribution in [0.4, 0.5) is 10.5 Å². The molecule has 1 saturated heterocycles. The number of amides is 3. The van der Waals surface area contributed by atoms with Crippen molar-refractivity contribution < 1.29 is 19.1 Å². The molecule has 7 heteroatoms. The number of urea groups is 1. The summed E-state index contributed by atoms with van der Waals surface area (Å²) in [6.07, 6.45) is 1.23. The van der Waals surface area contributed by atoms with Crippen molar-refractivity contribution in [1.29, 1.82) is 0 Å². The molecule has 30 heavy (non-hydrogen) atoms. The SMILES string of the molecule is COc1cccc(CNC(=O)C2(C)CCN(C(=O)Nc3cccc(OC)c3)CC2)c1. The van der Waals surface area contributed by atoms with Crippen LogP contribution in [0, 0.1) is 5.41 Å². The van der Waals surface area contributed by atoms with Gasteiger partial charge in [-0.15, -0.1) is 0 Å². The summed E-state index contributed by atoms with van der Waals surface area (Å²) in [7, 11) is 3.21. The highest BCUT2D eigenvalue weighted by atomic mass is 16.5. The van der Waals surface area contributed by atoms with Gasteiger partial charge in [0.1, 0.15) is 11.5 Å². The van der Waals surface area contributed by atoms with Gasteiger partial charge in [0.05, 0.1) is 14.2 Å². The number of hydrogen-bond donors (Lipinski definition) is 2. The van der Waals surface area contributed by atoms with Gasteiger partial charge in [0.15, 0.2) is 0 Å². The number of carbonyl (C=O) groups is 2. The van der Waals surface area contributed by atoms with E-state index in [9.17, 15) is 9.59 Å². The molecule has 2 N–H and O–H groups in total. The van der Waals surface area contributed by atoms with E-state index in [1.165, 1.54) is 0 Å². The first-order chi connectivity index (χ1) is 14.4. The van der Waals surface area contributed by atoms with Gasteiger partial charge in [-0.1, -0.05) is 25.1 Å². The summed E-state index contributed by atoms with van der Waals surface area (Å²) in [5, 5.41) is 5.92. The maximum atomic E-state index is 12.8. The van der Waals surface area contributed by atoms with E-state index in [2.05, 4.69) is 10.6 Å². The van der Waals surface area contributed by atoms with Crippen molar-refractivity contribution >= 4 is 17.6 Å². The van der Waals surface area contributed by atoms with Gasteiger partial charge in [-0.2, -0.15) is 0 Å². The van der Waals surface area contributed by atoms with Crippen molar-refractivity contribution in [2.75, 3.05) is 32.6 Å². The van der Waals surface area contributed by atoms with Crippen LogP contribution in [0.3, 0.4) is 0 Å². The Bertz CT molecular complexity index is 892. The van der Waals surface area contributed by atoms with E-state index in [0.717, 1.165) is 11.3 Å². The Labute approximate surface area is 177 Å². The zero-order valence-corrected chi connectivity index (χ0v) is 17.7. The van der Waals surface area contributed by atoms with Gasteiger partial charge in [-0.25, -0.2) is 4.79 Å². The van der Waals surface area contributed by atoms with Crippen LogP contribution in [0.25, 0.3) is 0 Å². The zero-order valence-electron chi connectivity index (χ0n) is 17.7. The molecule has 3 amide bonds. The van der Waals surface area contributed by atoms with Gasteiger partial charge in [0.2, 0.25) is 5.91 Å². The number of nitrogens with zero attached hydrogens (tertiary/aromatic N) is 1. The van der Waals surface area contributed by atoms with E-state index in [1.54, 1.807) is 25.2 Å². The molecule has 0 bridgehead atoms. The average molecular weight is 412 g/mol. The first-order valence-corrected chi connectivity index (χ1v) is 10.0. The van der Waals surface area contributed by atoms with Gasteiger partial charge >= 0.3 is 6.03 Å². The number of anilines is 1. The number of methoxy groups -OCH3 is 2. The third-order valence-electron chi connectivity index (χ3n) is 5.61. The number of rotatable bonds is 6. The number of likely N-dealkylation sites (tertiary alicyclic amines) is 1. The number of carbonyl (C=O) groups excluding carboxylic acids is 2. The van der Waals surface area contributed by atoms with Gasteiger partial charge in [0.25, 0.3) is 0 Å². The van der Waals surface area contributed by atoms with Crippen LogP contribution in [-0.4, -0.2) is 44.1 Å². The number of nitrogens with one attached hydrogen (secondary N) is 2. The molecule has 1 aliphatic rings. The Kier molecular flexibility index (Phi) is 6.82. The highest BCUT2D eigenvalue weighted by Crippen LogP contribution is 2.31. The summed E-state index contributed by atoms with van der Waals surface area (Å²) in [6.45, 7) is 3.47. The van der Waals surface area contributed by atoms with E-state index in [-0.39, 0.29) is 11.9 Å². The Morgan fingerprint density at radius 2 is 1.63 bits per heavy atom. The van der Waals surface area contributed by atoms with Crippen molar-refractivity contribution in [3.05, 3.63) is 54.1 Å². The van der Waals surface area contributed by atoms with Crippen LogP contribution < -0.4 is 20.1 Å². The lowest BCUT2D eigenvalue weighted by atomic mass is 9.79. The van der Waals surface area contributed by atoms with Gasteiger partial charge in [-0.3, -0.25) is 4.79 Å². The second-order valence-electron chi connectivity index (χ2n) is 7.74. The second-order valence-corrected chi connectivity index (χ2v) is 7.74. The summed E-state index contributed by atoms with van der Waals surface area (Å²) in [5.74, 6) is 1.47. The predicted octanol–water partition coefficient (Wildman–Crippen LogP) is 3.65. The molecule has 0 aliphatic carbocycles. The molecule has 1 heterocycles. The Balaban J connectivity index is 1.51. The van der Waals surface area contributed by atoms with Crippen LogP contribution in [0.2, 0.25) is 0 Å². The fraction of sp³-hybridized carbons (Fsp3) is 0.391. The molecule has 7 nitrogen and oxygen atoms in total. The van der Waals surface area contributed by atoms with Gasteiger partial charge < -0.3 is 25.0 Å². The van der Waals surface area contributed by atoms with Crippen molar-refractivity contribution in [3.63, 3.8) is 0 Å². The summed E-state index contributed by atoms with van der Waals surface area (Å²) >= 11 is 0. The predicted molar refractivity (Wildman–Crippen MR) is 116 cm³/mol. The maximum Gasteiger partial charge on any atom is 0.321 e. The fourth-order valence-corrected chi connectivity index (χ4v) is 3.51. The standard InChI is InChI=1S/C23H29N3O4/c1-23(21(27)24-16-17-6-4-8-19(14-17)29-2)10-12-26(13-11-23)22(28)25-18-7-5-9-20(15-18)30-3/h4-9,14-15H,10-13,16H2,1-3H3,(H,24,27)(H,25,28). The average Bonchev–Trinajstić information content (AvgIpc) is 2.78. The molecule has 160 valence electrons. The molecule has 2 aromatic rings. The molecule has 0 radical (unpaired) electrons. The maximum absolute atomic E-state index is 12.8. The third kappa shape index (κ3) is 5.23. The van der Waals surface area contributed by atoms with Gasteiger partial charge in [-0.05, 0) is 42.7 Å². The van der Waals surface area contributed by atoms with Crippen molar-refractivity contribution in [2.24, 2.45) is 5.41 Å². The summed E-state index contributed by atoms with van der Waals surface area (Å²) < 4.78 is 10.4. The van der Waals surface area contributed by atoms with E-state index in [0.29, 0.717) is 43.9 Å². The molecule has 0 saturated carbocycles. The van der Waals surface area contributed by atoms with Crippen LogP contribution in [0.5, 0.6) is 11.5 Å². The summed E-state index contributed by atoms with van der Waals surface area (Å²) in [6, 6.07) is 14.7. The first-order valence-electron chi connectivity index (χ1n) is 10.0. The fourth-order valence-electron chi connectivity index (χ4n) is 3.51. The molecule has 1 aliphatic heterocycles. The summed E-state index contributed by atoms with van der Waals surface area (Å²) in [5.41, 5.74) is 1.18. The second kappa shape index (κ2) is 9.52. The monoisotopic (exact) mass is 411 g/mol. The minimum absolute atomic E-state index is 0.0122. The minimum Gasteiger partial charge on any atom is -0.497 e. The topological polar surface area (TPSA) is 79.9 Å². The van der Waals surface area contributed by atoms with Crippen LogP contribution >= 0.6 is 0 Å². The highest BCUT2D eigenvalue weighted by Gasteiger charge is 2.38. The first kappa shape index (κ1) is 21.5. The zero-order chi connectivity index (χ0) is 21.6. The molecule has 0 atom stereocenters. The number of hydrogen-bond acceptors (Lipinski definition) is 4. The Morgan fingerprint density at radius 1 is 1.00 bits per heavy atom. The van der Waals surface area contributed by atoms with Crippen molar-refractivity contribution in [3.8, 4) is 11.5 Å². The molecule has 2 aromatic carbocycles. The van der Waals surface area contributed by atoms with E-state index >= 15 is 0 Å². The van der Waals surface area contributed by atoms with Gasteiger partial charge in [0, 0.05) is 36.8 Å².